The Labute approximate surface area is 188 Å². The van der Waals surface area contributed by atoms with Gasteiger partial charge in [0.05, 0.1) is 12.3 Å². The van der Waals surface area contributed by atoms with Crippen molar-refractivity contribution in [2.45, 2.75) is 25.8 Å². The van der Waals surface area contributed by atoms with Gasteiger partial charge in [0.1, 0.15) is 11.8 Å². The lowest BCUT2D eigenvalue weighted by Gasteiger charge is -2.22. The Kier molecular flexibility index (Phi) is 6.70. The van der Waals surface area contributed by atoms with E-state index in [0.29, 0.717) is 24.5 Å². The van der Waals surface area contributed by atoms with E-state index < -0.39 is 6.04 Å². The number of anilines is 3. The summed E-state index contributed by atoms with van der Waals surface area (Å²) < 4.78 is 5.65. The molecule has 0 unspecified atom stereocenters. The minimum Gasteiger partial charge on any atom is -0.492 e. The van der Waals surface area contributed by atoms with Crippen LogP contribution in [0.25, 0.3) is 0 Å². The van der Waals surface area contributed by atoms with Gasteiger partial charge < -0.3 is 20.3 Å². The highest BCUT2D eigenvalue weighted by Gasteiger charge is 2.24. The van der Waals surface area contributed by atoms with Crippen LogP contribution in [0, 0.1) is 0 Å². The van der Waals surface area contributed by atoms with Gasteiger partial charge in [0.25, 0.3) is 5.91 Å². The molecule has 1 aliphatic rings. The molecule has 3 aromatic rings. The first kappa shape index (κ1) is 21.4. The summed E-state index contributed by atoms with van der Waals surface area (Å²) in [5.41, 5.74) is 3.07. The number of hydrogen-bond acceptors (Lipinski definition) is 4. The fourth-order valence-electron chi connectivity index (χ4n) is 3.85. The molecule has 1 aliphatic heterocycles. The van der Waals surface area contributed by atoms with Gasteiger partial charge in [-0.3, -0.25) is 9.59 Å². The van der Waals surface area contributed by atoms with E-state index in [4.69, 9.17) is 4.74 Å². The summed E-state index contributed by atoms with van der Waals surface area (Å²) in [5, 5.41) is 6.35. The van der Waals surface area contributed by atoms with E-state index in [1.54, 1.807) is 4.90 Å². The van der Waals surface area contributed by atoms with Crippen molar-refractivity contribution in [2.24, 2.45) is 0 Å². The van der Waals surface area contributed by atoms with E-state index in [1.807, 2.05) is 85.8 Å². The Morgan fingerprint density at radius 3 is 2.56 bits per heavy atom. The predicted molar refractivity (Wildman–Crippen MR) is 127 cm³/mol. The molecule has 3 aromatic carbocycles. The van der Waals surface area contributed by atoms with Crippen molar-refractivity contribution in [1.29, 1.82) is 0 Å². The number of nitrogens with one attached hydrogen (secondary N) is 2. The Balaban J connectivity index is 1.60. The second-order valence-electron chi connectivity index (χ2n) is 7.61. The van der Waals surface area contributed by atoms with Gasteiger partial charge in [-0.05, 0) is 49.2 Å². The number of nitrogens with zero attached hydrogens (tertiary/aromatic N) is 1. The Morgan fingerprint density at radius 2 is 1.81 bits per heavy atom. The van der Waals surface area contributed by atoms with Crippen molar-refractivity contribution in [3.63, 3.8) is 0 Å². The van der Waals surface area contributed by atoms with Gasteiger partial charge in [-0.25, -0.2) is 0 Å². The highest BCUT2D eigenvalue weighted by molar-refractivity contribution is 5.99. The summed E-state index contributed by atoms with van der Waals surface area (Å²) in [6.07, 6.45) is 1.44. The topological polar surface area (TPSA) is 70.7 Å². The number of carbonyl (C=O) groups excluding carboxylic acids is 2. The molecular weight excluding hydrogens is 402 g/mol. The summed E-state index contributed by atoms with van der Waals surface area (Å²) in [6.45, 7) is 3.14. The normalized spacial score (nSPS) is 14.2. The van der Waals surface area contributed by atoms with Crippen LogP contribution in [0.15, 0.2) is 78.9 Å². The zero-order valence-electron chi connectivity index (χ0n) is 18.1. The zero-order valence-corrected chi connectivity index (χ0v) is 18.1. The number of carbonyl (C=O) groups is 2. The van der Waals surface area contributed by atoms with Gasteiger partial charge in [-0.2, -0.15) is 0 Å². The first-order valence-electron chi connectivity index (χ1n) is 10.9. The molecule has 1 fully saturated rings. The van der Waals surface area contributed by atoms with Gasteiger partial charge in [0, 0.05) is 24.3 Å². The highest BCUT2D eigenvalue weighted by atomic mass is 16.5. The highest BCUT2D eigenvalue weighted by Crippen LogP contribution is 2.29. The number of para-hydroxylation sites is 2. The standard InChI is InChI=1S/C26H27N3O3/c1-2-32-23-15-7-6-14-22(23)28-26(31)25(19-10-4-3-5-11-19)27-20-12-8-13-21(18-20)29-17-9-16-24(29)30/h3-8,10-15,18,25,27H,2,9,16-17H2,1H3,(H,28,31)/t25-/m0/s1. The molecule has 0 radical (unpaired) electrons. The van der Waals surface area contributed by atoms with E-state index in [0.717, 1.165) is 29.9 Å². The van der Waals surface area contributed by atoms with Gasteiger partial charge in [-0.1, -0.05) is 48.5 Å². The summed E-state index contributed by atoms with van der Waals surface area (Å²) in [5.74, 6) is 0.558. The lowest BCUT2D eigenvalue weighted by Crippen LogP contribution is -2.28. The van der Waals surface area contributed by atoms with Gasteiger partial charge in [-0.15, -0.1) is 0 Å². The molecule has 0 aliphatic carbocycles. The molecule has 4 rings (SSSR count). The molecule has 1 heterocycles. The number of hydrogen-bond donors (Lipinski definition) is 2. The molecule has 0 spiro atoms. The number of rotatable bonds is 8. The van der Waals surface area contributed by atoms with Crippen LogP contribution in [0.3, 0.4) is 0 Å². The maximum absolute atomic E-state index is 13.4. The Bertz CT molecular complexity index is 1080. The molecular formula is C26H27N3O3. The van der Waals surface area contributed by atoms with Gasteiger partial charge in [0.15, 0.2) is 0 Å². The summed E-state index contributed by atoms with van der Waals surface area (Å²) >= 11 is 0. The minimum atomic E-state index is -0.629. The fourth-order valence-corrected chi connectivity index (χ4v) is 3.85. The molecule has 0 bridgehead atoms. The maximum Gasteiger partial charge on any atom is 0.251 e. The summed E-state index contributed by atoms with van der Waals surface area (Å²) in [6, 6.07) is 24.0. The molecule has 1 saturated heterocycles. The maximum atomic E-state index is 13.4. The molecule has 164 valence electrons. The summed E-state index contributed by atoms with van der Waals surface area (Å²) in [7, 11) is 0. The van der Waals surface area contributed by atoms with Crippen molar-refractivity contribution in [3.8, 4) is 5.75 Å². The molecule has 2 amide bonds. The molecule has 1 atom stereocenters. The molecule has 0 aromatic heterocycles. The van der Waals surface area contributed by atoms with E-state index in [2.05, 4.69) is 10.6 Å². The van der Waals surface area contributed by atoms with Gasteiger partial charge >= 0.3 is 0 Å². The molecule has 0 saturated carbocycles. The van der Waals surface area contributed by atoms with Crippen LogP contribution in [0.2, 0.25) is 0 Å². The third kappa shape index (κ3) is 4.91. The lowest BCUT2D eigenvalue weighted by molar-refractivity contribution is -0.117. The van der Waals surface area contributed by atoms with Crippen molar-refractivity contribution >= 4 is 28.9 Å². The van der Waals surface area contributed by atoms with E-state index in [9.17, 15) is 9.59 Å². The average Bonchev–Trinajstić information content (AvgIpc) is 3.25. The fraction of sp³-hybridized carbons (Fsp3) is 0.231. The number of ether oxygens (including phenoxy) is 1. The number of benzene rings is 3. The first-order valence-corrected chi connectivity index (χ1v) is 10.9. The quantitative estimate of drug-likeness (QED) is 0.528. The smallest absolute Gasteiger partial charge is 0.251 e. The molecule has 32 heavy (non-hydrogen) atoms. The third-order valence-corrected chi connectivity index (χ3v) is 5.38. The van der Waals surface area contributed by atoms with Crippen LogP contribution in [-0.2, 0) is 9.59 Å². The van der Waals surface area contributed by atoms with Crippen molar-refractivity contribution in [3.05, 3.63) is 84.4 Å². The monoisotopic (exact) mass is 429 g/mol. The first-order chi connectivity index (χ1) is 15.7. The van der Waals surface area contributed by atoms with Crippen LogP contribution in [0.1, 0.15) is 31.4 Å². The second kappa shape index (κ2) is 10.0. The Hall–Kier alpha value is -3.80. The van der Waals surface area contributed by atoms with E-state index in [1.165, 1.54) is 0 Å². The van der Waals surface area contributed by atoms with Crippen molar-refractivity contribution in [2.75, 3.05) is 28.7 Å². The van der Waals surface area contributed by atoms with Gasteiger partial charge in [0.2, 0.25) is 5.91 Å². The van der Waals surface area contributed by atoms with Crippen LogP contribution in [0.5, 0.6) is 5.75 Å². The predicted octanol–water partition coefficient (Wildman–Crippen LogP) is 5.00. The van der Waals surface area contributed by atoms with Crippen molar-refractivity contribution < 1.29 is 14.3 Å². The lowest BCUT2D eigenvalue weighted by atomic mass is 10.1. The minimum absolute atomic E-state index is 0.132. The zero-order chi connectivity index (χ0) is 22.3. The Morgan fingerprint density at radius 1 is 1.03 bits per heavy atom. The third-order valence-electron chi connectivity index (χ3n) is 5.38. The molecule has 6 heteroatoms. The van der Waals surface area contributed by atoms with E-state index >= 15 is 0 Å². The van der Waals surface area contributed by atoms with Crippen molar-refractivity contribution in [1.82, 2.24) is 0 Å². The molecule has 6 nitrogen and oxygen atoms in total. The van der Waals surface area contributed by atoms with Crippen LogP contribution in [0.4, 0.5) is 17.1 Å². The second-order valence-corrected chi connectivity index (χ2v) is 7.61. The largest absolute Gasteiger partial charge is 0.492 e. The average molecular weight is 430 g/mol. The van der Waals surface area contributed by atoms with Crippen LogP contribution in [-0.4, -0.2) is 25.0 Å². The van der Waals surface area contributed by atoms with E-state index in [-0.39, 0.29) is 11.8 Å². The number of amides is 2. The summed E-state index contributed by atoms with van der Waals surface area (Å²) in [4.78, 5) is 27.3. The van der Waals surface area contributed by atoms with Crippen LogP contribution >= 0.6 is 0 Å². The SMILES string of the molecule is CCOc1ccccc1NC(=O)[C@@H](Nc1cccc(N2CCCC2=O)c1)c1ccccc1. The molecule has 2 N–H and O–H groups in total. The van der Waals surface area contributed by atoms with Crippen LogP contribution < -0.4 is 20.3 Å².